The number of hydrogen-bond acceptors (Lipinski definition) is 3. The molecule has 0 aliphatic rings. The van der Waals surface area contributed by atoms with Gasteiger partial charge in [0.15, 0.2) is 0 Å². The number of esters is 1. The second-order valence-corrected chi connectivity index (χ2v) is 4.99. The predicted molar refractivity (Wildman–Crippen MR) is 79.6 cm³/mol. The highest BCUT2D eigenvalue weighted by atomic mass is 32.1. The monoisotopic (exact) mass is 272 g/mol. The number of ether oxygens (including phenoxy) is 1. The maximum atomic E-state index is 10.8. The van der Waals surface area contributed by atoms with Crippen molar-refractivity contribution < 1.29 is 9.53 Å². The Kier molecular flexibility index (Phi) is 4.63. The molecule has 2 aromatic rings. The summed E-state index contributed by atoms with van der Waals surface area (Å²) in [4.78, 5) is 10.8. The Labute approximate surface area is 118 Å². The SMILES string of the molecule is CC(=O)Oc1ccc(C(S)Cc2ccccc2)cc1. The van der Waals surface area contributed by atoms with Gasteiger partial charge in [-0.15, -0.1) is 0 Å². The Morgan fingerprint density at radius 3 is 2.32 bits per heavy atom. The van der Waals surface area contributed by atoms with Crippen LogP contribution in [0.1, 0.15) is 23.3 Å². The summed E-state index contributed by atoms with van der Waals surface area (Å²) >= 11 is 4.63. The average molecular weight is 272 g/mol. The molecule has 0 fully saturated rings. The molecule has 1 atom stereocenters. The lowest BCUT2D eigenvalue weighted by atomic mass is 10.0. The van der Waals surface area contributed by atoms with Crippen LogP contribution in [0.2, 0.25) is 0 Å². The van der Waals surface area contributed by atoms with E-state index in [2.05, 4.69) is 24.8 Å². The van der Waals surface area contributed by atoms with E-state index in [9.17, 15) is 4.79 Å². The van der Waals surface area contributed by atoms with Crippen molar-refractivity contribution in [3.63, 3.8) is 0 Å². The largest absolute Gasteiger partial charge is 0.427 e. The van der Waals surface area contributed by atoms with Gasteiger partial charge in [-0.3, -0.25) is 4.79 Å². The summed E-state index contributed by atoms with van der Waals surface area (Å²) < 4.78 is 5.00. The number of benzene rings is 2. The third kappa shape index (κ3) is 4.14. The fourth-order valence-electron chi connectivity index (χ4n) is 1.88. The van der Waals surface area contributed by atoms with Crippen molar-refractivity contribution in [1.29, 1.82) is 0 Å². The Hall–Kier alpha value is -1.74. The van der Waals surface area contributed by atoms with Gasteiger partial charge in [0.25, 0.3) is 0 Å². The van der Waals surface area contributed by atoms with Gasteiger partial charge in [-0.05, 0) is 29.7 Å². The van der Waals surface area contributed by atoms with Crippen LogP contribution in [0, 0.1) is 0 Å². The predicted octanol–water partition coefficient (Wildman–Crippen LogP) is 3.83. The van der Waals surface area contributed by atoms with Crippen molar-refractivity contribution in [2.24, 2.45) is 0 Å². The third-order valence-electron chi connectivity index (χ3n) is 2.80. The fraction of sp³-hybridized carbons (Fsp3) is 0.188. The van der Waals surface area contributed by atoms with E-state index in [1.165, 1.54) is 12.5 Å². The lowest BCUT2D eigenvalue weighted by Crippen LogP contribution is -2.01. The first-order chi connectivity index (χ1) is 9.15. The van der Waals surface area contributed by atoms with Gasteiger partial charge in [0, 0.05) is 12.2 Å². The van der Waals surface area contributed by atoms with Crippen molar-refractivity contribution >= 4 is 18.6 Å². The highest BCUT2D eigenvalue weighted by molar-refractivity contribution is 7.80. The molecular formula is C16H16O2S. The molecule has 0 heterocycles. The molecule has 19 heavy (non-hydrogen) atoms. The molecule has 2 aromatic carbocycles. The molecule has 3 heteroatoms. The Bertz CT molecular complexity index is 534. The maximum absolute atomic E-state index is 10.8. The van der Waals surface area contributed by atoms with E-state index in [1.807, 2.05) is 30.3 Å². The van der Waals surface area contributed by atoms with Crippen LogP contribution >= 0.6 is 12.6 Å². The van der Waals surface area contributed by atoms with Crippen LogP contribution in [-0.2, 0) is 11.2 Å². The zero-order valence-electron chi connectivity index (χ0n) is 10.7. The second kappa shape index (κ2) is 6.43. The van der Waals surface area contributed by atoms with Crippen molar-refractivity contribution in [3.05, 3.63) is 65.7 Å². The number of hydrogen-bond donors (Lipinski definition) is 1. The molecule has 0 saturated heterocycles. The summed E-state index contributed by atoms with van der Waals surface area (Å²) in [7, 11) is 0. The molecule has 0 N–H and O–H groups in total. The quantitative estimate of drug-likeness (QED) is 0.520. The topological polar surface area (TPSA) is 26.3 Å². The van der Waals surface area contributed by atoms with Crippen molar-refractivity contribution in [2.45, 2.75) is 18.6 Å². The Balaban J connectivity index is 2.03. The number of thiol groups is 1. The number of carbonyl (C=O) groups excluding carboxylic acids is 1. The zero-order valence-corrected chi connectivity index (χ0v) is 11.6. The van der Waals surface area contributed by atoms with Gasteiger partial charge in [0.05, 0.1) is 0 Å². The van der Waals surface area contributed by atoms with E-state index in [-0.39, 0.29) is 11.2 Å². The van der Waals surface area contributed by atoms with E-state index < -0.39 is 0 Å². The fourth-order valence-corrected chi connectivity index (χ4v) is 2.26. The van der Waals surface area contributed by atoms with E-state index in [0.717, 1.165) is 12.0 Å². The van der Waals surface area contributed by atoms with Gasteiger partial charge in [-0.2, -0.15) is 12.6 Å². The van der Waals surface area contributed by atoms with Gasteiger partial charge in [0.2, 0.25) is 0 Å². The summed E-state index contributed by atoms with van der Waals surface area (Å²) in [5.41, 5.74) is 2.37. The van der Waals surface area contributed by atoms with Crippen LogP contribution in [0.25, 0.3) is 0 Å². The molecule has 0 aromatic heterocycles. The lowest BCUT2D eigenvalue weighted by Gasteiger charge is -2.12. The summed E-state index contributed by atoms with van der Waals surface area (Å²) in [6.07, 6.45) is 0.872. The van der Waals surface area contributed by atoms with Crippen LogP contribution in [-0.4, -0.2) is 5.97 Å². The molecule has 0 radical (unpaired) electrons. The van der Waals surface area contributed by atoms with Gasteiger partial charge in [-0.25, -0.2) is 0 Å². The van der Waals surface area contributed by atoms with Gasteiger partial charge < -0.3 is 4.74 Å². The summed E-state index contributed by atoms with van der Waals surface area (Å²) in [6.45, 7) is 1.39. The Morgan fingerprint density at radius 2 is 1.74 bits per heavy atom. The van der Waals surface area contributed by atoms with E-state index in [1.54, 1.807) is 12.1 Å². The minimum atomic E-state index is -0.306. The van der Waals surface area contributed by atoms with Crippen LogP contribution in [0.5, 0.6) is 5.75 Å². The van der Waals surface area contributed by atoms with Gasteiger partial charge in [0.1, 0.15) is 5.75 Å². The summed E-state index contributed by atoms with van der Waals surface area (Å²) in [5.74, 6) is 0.260. The van der Waals surface area contributed by atoms with Gasteiger partial charge in [-0.1, -0.05) is 42.5 Å². The van der Waals surface area contributed by atoms with Crippen LogP contribution in [0.3, 0.4) is 0 Å². The first-order valence-corrected chi connectivity index (χ1v) is 6.67. The smallest absolute Gasteiger partial charge is 0.308 e. The average Bonchev–Trinajstić information content (AvgIpc) is 2.40. The Morgan fingerprint density at radius 1 is 1.11 bits per heavy atom. The molecule has 2 rings (SSSR count). The zero-order chi connectivity index (χ0) is 13.7. The second-order valence-electron chi connectivity index (χ2n) is 4.37. The van der Waals surface area contributed by atoms with Crippen molar-refractivity contribution in [1.82, 2.24) is 0 Å². The van der Waals surface area contributed by atoms with E-state index in [4.69, 9.17) is 4.74 Å². The molecule has 0 spiro atoms. The van der Waals surface area contributed by atoms with Crippen molar-refractivity contribution in [3.8, 4) is 5.75 Å². The number of rotatable bonds is 4. The molecule has 1 unspecified atom stereocenters. The van der Waals surface area contributed by atoms with Crippen LogP contribution in [0.4, 0.5) is 0 Å². The first-order valence-electron chi connectivity index (χ1n) is 6.15. The standard InChI is InChI=1S/C16H16O2S/c1-12(17)18-15-9-7-14(8-10-15)16(19)11-13-5-3-2-4-6-13/h2-10,16,19H,11H2,1H3. The highest BCUT2D eigenvalue weighted by Gasteiger charge is 2.08. The highest BCUT2D eigenvalue weighted by Crippen LogP contribution is 2.26. The molecule has 0 aliphatic heterocycles. The summed E-state index contributed by atoms with van der Waals surface area (Å²) in [6, 6.07) is 17.7. The van der Waals surface area contributed by atoms with Crippen LogP contribution in [0.15, 0.2) is 54.6 Å². The molecule has 0 bridgehead atoms. The third-order valence-corrected chi connectivity index (χ3v) is 3.28. The summed E-state index contributed by atoms with van der Waals surface area (Å²) in [5, 5.41) is 0.133. The lowest BCUT2D eigenvalue weighted by molar-refractivity contribution is -0.131. The first kappa shape index (κ1) is 13.7. The molecule has 0 amide bonds. The minimum absolute atomic E-state index is 0.133. The maximum Gasteiger partial charge on any atom is 0.308 e. The van der Waals surface area contributed by atoms with E-state index >= 15 is 0 Å². The van der Waals surface area contributed by atoms with E-state index in [0.29, 0.717) is 5.75 Å². The number of carbonyl (C=O) groups is 1. The van der Waals surface area contributed by atoms with Crippen molar-refractivity contribution in [2.75, 3.05) is 0 Å². The molecular weight excluding hydrogens is 256 g/mol. The molecule has 2 nitrogen and oxygen atoms in total. The van der Waals surface area contributed by atoms with Crippen LogP contribution < -0.4 is 4.74 Å². The minimum Gasteiger partial charge on any atom is -0.427 e. The molecule has 98 valence electrons. The van der Waals surface area contributed by atoms with Gasteiger partial charge >= 0.3 is 5.97 Å². The normalized spacial score (nSPS) is 11.9. The molecule has 0 aliphatic carbocycles. The molecule has 0 saturated carbocycles.